The predicted octanol–water partition coefficient (Wildman–Crippen LogP) is 0.588. The summed E-state index contributed by atoms with van der Waals surface area (Å²) in [7, 11) is 4.55. The highest BCUT2D eigenvalue weighted by molar-refractivity contribution is 5.74. The first-order valence-corrected chi connectivity index (χ1v) is 5.37. The second-order valence-electron chi connectivity index (χ2n) is 3.74. The predicted molar refractivity (Wildman–Crippen MR) is 66.8 cm³/mol. The van der Waals surface area contributed by atoms with Gasteiger partial charge in [0.15, 0.2) is 11.5 Å². The molecule has 100 valence electrons. The number of nitrogens with two attached hydrogens (primary N) is 2. The van der Waals surface area contributed by atoms with Gasteiger partial charge in [0.2, 0.25) is 11.7 Å². The van der Waals surface area contributed by atoms with Crippen molar-refractivity contribution in [3.05, 3.63) is 17.7 Å². The summed E-state index contributed by atoms with van der Waals surface area (Å²) >= 11 is 0. The van der Waals surface area contributed by atoms with E-state index < -0.39 is 11.9 Å². The van der Waals surface area contributed by atoms with Crippen LogP contribution in [-0.4, -0.2) is 27.2 Å². The number of hydrogen-bond donors (Lipinski definition) is 2. The van der Waals surface area contributed by atoms with E-state index in [9.17, 15) is 4.79 Å². The fourth-order valence-electron chi connectivity index (χ4n) is 1.65. The maximum Gasteiger partial charge on any atom is 0.219 e. The number of rotatable bonds is 6. The van der Waals surface area contributed by atoms with Crippen LogP contribution in [0.1, 0.15) is 18.0 Å². The molecule has 0 spiro atoms. The lowest BCUT2D eigenvalue weighted by Gasteiger charge is -2.16. The molecular formula is C12H18N2O4. The summed E-state index contributed by atoms with van der Waals surface area (Å²) in [5.74, 6) is 1.00. The molecule has 1 amide bonds. The fraction of sp³-hybridized carbons (Fsp3) is 0.417. The molecule has 0 aliphatic heterocycles. The highest BCUT2D eigenvalue weighted by Gasteiger charge is 2.17. The van der Waals surface area contributed by atoms with E-state index in [-0.39, 0.29) is 6.42 Å². The molecule has 1 atom stereocenters. The Morgan fingerprint density at radius 2 is 1.67 bits per heavy atom. The third kappa shape index (κ3) is 3.04. The number of ether oxygens (including phenoxy) is 3. The maximum absolute atomic E-state index is 10.9. The molecule has 1 unspecified atom stereocenters. The minimum atomic E-state index is -0.504. The van der Waals surface area contributed by atoms with Crippen molar-refractivity contribution in [2.75, 3.05) is 21.3 Å². The van der Waals surface area contributed by atoms with Crippen LogP contribution in [0.3, 0.4) is 0 Å². The van der Waals surface area contributed by atoms with Gasteiger partial charge in [0.1, 0.15) is 0 Å². The summed E-state index contributed by atoms with van der Waals surface area (Å²) in [6.07, 6.45) is 0.0542. The molecule has 1 aromatic rings. The quantitative estimate of drug-likeness (QED) is 0.774. The minimum Gasteiger partial charge on any atom is -0.493 e. The van der Waals surface area contributed by atoms with Gasteiger partial charge in [-0.1, -0.05) is 0 Å². The van der Waals surface area contributed by atoms with Crippen molar-refractivity contribution in [2.24, 2.45) is 11.5 Å². The van der Waals surface area contributed by atoms with Gasteiger partial charge in [-0.25, -0.2) is 0 Å². The Morgan fingerprint density at radius 1 is 1.17 bits per heavy atom. The smallest absolute Gasteiger partial charge is 0.219 e. The molecule has 0 radical (unpaired) electrons. The number of amides is 1. The van der Waals surface area contributed by atoms with E-state index in [1.165, 1.54) is 21.3 Å². The van der Waals surface area contributed by atoms with Crippen LogP contribution in [0.5, 0.6) is 17.2 Å². The Bertz CT molecular complexity index is 409. The van der Waals surface area contributed by atoms with Gasteiger partial charge in [0.25, 0.3) is 0 Å². The van der Waals surface area contributed by atoms with E-state index in [1.54, 1.807) is 12.1 Å². The molecule has 0 aliphatic rings. The van der Waals surface area contributed by atoms with E-state index in [0.29, 0.717) is 22.8 Å². The van der Waals surface area contributed by atoms with Gasteiger partial charge in [-0.05, 0) is 17.7 Å². The number of benzene rings is 1. The van der Waals surface area contributed by atoms with Crippen molar-refractivity contribution in [3.63, 3.8) is 0 Å². The Balaban J connectivity index is 3.18. The lowest BCUT2D eigenvalue weighted by molar-refractivity contribution is -0.118. The summed E-state index contributed by atoms with van der Waals surface area (Å²) in [6, 6.07) is 2.90. The van der Waals surface area contributed by atoms with E-state index in [0.717, 1.165) is 0 Å². The summed E-state index contributed by atoms with van der Waals surface area (Å²) in [5.41, 5.74) is 11.7. The molecule has 0 fully saturated rings. The van der Waals surface area contributed by atoms with Crippen LogP contribution in [-0.2, 0) is 4.79 Å². The Kier molecular flexibility index (Phi) is 4.79. The molecule has 0 saturated heterocycles. The third-order valence-corrected chi connectivity index (χ3v) is 2.54. The number of primary amides is 1. The molecule has 0 saturated carbocycles. The molecule has 0 aromatic heterocycles. The fourth-order valence-corrected chi connectivity index (χ4v) is 1.65. The van der Waals surface area contributed by atoms with Gasteiger partial charge in [0, 0.05) is 12.5 Å². The summed E-state index contributed by atoms with van der Waals surface area (Å²) in [4.78, 5) is 10.9. The van der Waals surface area contributed by atoms with Gasteiger partial charge in [-0.3, -0.25) is 4.79 Å². The Morgan fingerprint density at radius 3 is 2.00 bits per heavy atom. The van der Waals surface area contributed by atoms with Crippen molar-refractivity contribution in [3.8, 4) is 17.2 Å². The molecular weight excluding hydrogens is 236 g/mol. The average molecular weight is 254 g/mol. The van der Waals surface area contributed by atoms with Crippen molar-refractivity contribution < 1.29 is 19.0 Å². The topological polar surface area (TPSA) is 96.8 Å². The first-order valence-electron chi connectivity index (χ1n) is 5.37. The molecule has 1 aromatic carbocycles. The van der Waals surface area contributed by atoms with E-state index >= 15 is 0 Å². The lowest BCUT2D eigenvalue weighted by Crippen LogP contribution is -2.20. The second kappa shape index (κ2) is 6.11. The lowest BCUT2D eigenvalue weighted by atomic mass is 10.0. The zero-order valence-electron chi connectivity index (χ0n) is 10.7. The normalized spacial score (nSPS) is 11.8. The Hall–Kier alpha value is -1.95. The van der Waals surface area contributed by atoms with Crippen LogP contribution in [0.4, 0.5) is 0 Å². The van der Waals surface area contributed by atoms with Crippen LogP contribution in [0, 0.1) is 0 Å². The number of hydrogen-bond acceptors (Lipinski definition) is 5. The van der Waals surface area contributed by atoms with E-state index in [1.807, 2.05) is 0 Å². The number of methoxy groups -OCH3 is 3. The van der Waals surface area contributed by atoms with Gasteiger partial charge in [0.05, 0.1) is 21.3 Å². The zero-order valence-corrected chi connectivity index (χ0v) is 10.7. The molecule has 18 heavy (non-hydrogen) atoms. The standard InChI is InChI=1S/C12H18N2O4/c1-16-9-4-7(8(13)6-11(14)15)5-10(17-2)12(9)18-3/h4-5,8H,6,13H2,1-3H3,(H2,14,15). The molecule has 6 heteroatoms. The van der Waals surface area contributed by atoms with Crippen LogP contribution < -0.4 is 25.7 Å². The molecule has 4 N–H and O–H groups in total. The highest BCUT2D eigenvalue weighted by atomic mass is 16.5. The van der Waals surface area contributed by atoms with Crippen LogP contribution in [0.2, 0.25) is 0 Å². The molecule has 0 heterocycles. The minimum absolute atomic E-state index is 0.0542. The summed E-state index contributed by atoms with van der Waals surface area (Å²) in [5, 5.41) is 0. The van der Waals surface area contributed by atoms with E-state index in [2.05, 4.69) is 0 Å². The third-order valence-electron chi connectivity index (χ3n) is 2.54. The van der Waals surface area contributed by atoms with Gasteiger partial charge in [-0.15, -0.1) is 0 Å². The number of carbonyl (C=O) groups excluding carboxylic acids is 1. The maximum atomic E-state index is 10.9. The van der Waals surface area contributed by atoms with E-state index in [4.69, 9.17) is 25.7 Å². The van der Waals surface area contributed by atoms with Gasteiger partial charge < -0.3 is 25.7 Å². The van der Waals surface area contributed by atoms with Crippen molar-refractivity contribution in [1.82, 2.24) is 0 Å². The largest absolute Gasteiger partial charge is 0.493 e. The van der Waals surface area contributed by atoms with Gasteiger partial charge in [-0.2, -0.15) is 0 Å². The monoisotopic (exact) mass is 254 g/mol. The first kappa shape index (κ1) is 14.1. The first-order chi connectivity index (χ1) is 8.53. The molecule has 1 rings (SSSR count). The summed E-state index contributed by atoms with van der Waals surface area (Å²) < 4.78 is 15.6. The average Bonchev–Trinajstić information content (AvgIpc) is 2.35. The molecule has 6 nitrogen and oxygen atoms in total. The van der Waals surface area contributed by atoms with Crippen LogP contribution in [0.25, 0.3) is 0 Å². The second-order valence-corrected chi connectivity index (χ2v) is 3.74. The molecule has 0 aliphatic carbocycles. The van der Waals surface area contributed by atoms with Crippen LogP contribution in [0.15, 0.2) is 12.1 Å². The summed E-state index contributed by atoms with van der Waals surface area (Å²) in [6.45, 7) is 0. The number of carbonyl (C=O) groups is 1. The Labute approximate surface area is 106 Å². The van der Waals surface area contributed by atoms with Crippen molar-refractivity contribution in [1.29, 1.82) is 0 Å². The highest BCUT2D eigenvalue weighted by Crippen LogP contribution is 2.39. The van der Waals surface area contributed by atoms with Crippen molar-refractivity contribution in [2.45, 2.75) is 12.5 Å². The zero-order chi connectivity index (χ0) is 13.7. The molecule has 0 bridgehead atoms. The van der Waals surface area contributed by atoms with Crippen LogP contribution >= 0.6 is 0 Å². The van der Waals surface area contributed by atoms with Gasteiger partial charge >= 0.3 is 0 Å². The SMILES string of the molecule is COc1cc(C(N)CC(N)=O)cc(OC)c1OC. The van der Waals surface area contributed by atoms with Crippen molar-refractivity contribution >= 4 is 5.91 Å².